The molecule has 1 amide bonds. The maximum absolute atomic E-state index is 12.5. The van der Waals surface area contributed by atoms with Gasteiger partial charge in [0.05, 0.1) is 14.2 Å². The Morgan fingerprint density at radius 1 is 0.812 bits per heavy atom. The van der Waals surface area contributed by atoms with Crippen LogP contribution in [0.2, 0.25) is 0 Å². The van der Waals surface area contributed by atoms with Crippen molar-refractivity contribution in [3.8, 4) is 11.1 Å². The summed E-state index contributed by atoms with van der Waals surface area (Å²) < 4.78 is 9.71. The van der Waals surface area contributed by atoms with Crippen molar-refractivity contribution in [1.29, 1.82) is 0 Å². The lowest BCUT2D eigenvalue weighted by atomic mass is 10.0. The Labute approximate surface area is 189 Å². The normalized spacial score (nSPS) is 12.7. The molecule has 1 unspecified atom stereocenters. The second-order valence-corrected chi connectivity index (χ2v) is 7.94. The highest BCUT2D eigenvalue weighted by molar-refractivity contribution is 5.94. The molecule has 0 fully saturated rings. The van der Waals surface area contributed by atoms with E-state index in [9.17, 15) is 14.4 Å². The topological polar surface area (TPSA) is 93.7 Å². The minimum atomic E-state index is -0.747. The molecule has 7 heteroatoms. The van der Waals surface area contributed by atoms with Gasteiger partial charge in [0.25, 0.3) is 5.91 Å². The molecule has 0 bridgehead atoms. The third-order valence-corrected chi connectivity index (χ3v) is 5.05. The molecule has 7 nitrogen and oxygen atoms in total. The standard InChI is InChI=1S/C25H32N2O5/c1-17(2)16-22(25(30)32-4)27-21(24(29)31-3)14-15-26-23(28)20-12-10-19(11-13-20)18-8-6-5-7-9-18/h5-13,17,21-22,27H,14-16H2,1-4H3,(H,26,28)/t21?,22-/m0/s1. The summed E-state index contributed by atoms with van der Waals surface area (Å²) in [6, 6.07) is 15.9. The molecule has 0 aliphatic rings. The molecule has 2 N–H and O–H groups in total. The quantitative estimate of drug-likeness (QED) is 0.521. The Balaban J connectivity index is 1.95. The van der Waals surface area contributed by atoms with E-state index in [0.29, 0.717) is 12.0 Å². The van der Waals surface area contributed by atoms with E-state index >= 15 is 0 Å². The molecule has 0 aliphatic heterocycles. The van der Waals surface area contributed by atoms with Crippen LogP contribution in [0.15, 0.2) is 54.6 Å². The van der Waals surface area contributed by atoms with Crippen LogP contribution in [0.4, 0.5) is 0 Å². The van der Waals surface area contributed by atoms with E-state index in [1.54, 1.807) is 12.1 Å². The summed E-state index contributed by atoms with van der Waals surface area (Å²) >= 11 is 0. The maximum atomic E-state index is 12.5. The van der Waals surface area contributed by atoms with Crippen molar-refractivity contribution in [2.24, 2.45) is 5.92 Å². The second-order valence-electron chi connectivity index (χ2n) is 7.94. The van der Waals surface area contributed by atoms with E-state index in [1.807, 2.05) is 56.3 Å². The zero-order valence-electron chi connectivity index (χ0n) is 19.1. The summed E-state index contributed by atoms with van der Waals surface area (Å²) in [4.78, 5) is 36.8. The number of hydrogen-bond acceptors (Lipinski definition) is 6. The van der Waals surface area contributed by atoms with Gasteiger partial charge in [-0.3, -0.25) is 19.7 Å². The number of nitrogens with one attached hydrogen (secondary N) is 2. The van der Waals surface area contributed by atoms with Crippen LogP contribution in [0.1, 0.15) is 37.0 Å². The number of esters is 2. The zero-order valence-corrected chi connectivity index (χ0v) is 19.1. The number of rotatable bonds is 11. The van der Waals surface area contributed by atoms with Crippen LogP contribution < -0.4 is 10.6 Å². The average molecular weight is 441 g/mol. The number of benzene rings is 2. The highest BCUT2D eigenvalue weighted by atomic mass is 16.5. The molecule has 2 aromatic rings. The lowest BCUT2D eigenvalue weighted by molar-refractivity contribution is -0.146. The Kier molecular flexibility index (Phi) is 9.88. The van der Waals surface area contributed by atoms with Crippen LogP contribution in [0.3, 0.4) is 0 Å². The van der Waals surface area contributed by atoms with Gasteiger partial charge in [-0.05, 0) is 42.0 Å². The molecule has 0 aromatic heterocycles. The number of carbonyl (C=O) groups excluding carboxylic acids is 3. The predicted octanol–water partition coefficient (Wildman–Crippen LogP) is 3.19. The summed E-state index contributed by atoms with van der Waals surface area (Å²) in [5.41, 5.74) is 2.63. The number of amides is 1. The molecule has 0 saturated heterocycles. The van der Waals surface area contributed by atoms with Gasteiger partial charge in [0.1, 0.15) is 12.1 Å². The lowest BCUT2D eigenvalue weighted by Gasteiger charge is -2.24. The Morgan fingerprint density at radius 2 is 1.38 bits per heavy atom. The van der Waals surface area contributed by atoms with E-state index in [2.05, 4.69) is 10.6 Å². The van der Waals surface area contributed by atoms with E-state index in [1.165, 1.54) is 14.2 Å². The third-order valence-electron chi connectivity index (χ3n) is 5.05. The Morgan fingerprint density at radius 3 is 1.94 bits per heavy atom. The fourth-order valence-electron chi connectivity index (χ4n) is 3.38. The molecular weight excluding hydrogens is 408 g/mol. The summed E-state index contributed by atoms with van der Waals surface area (Å²) in [6.45, 7) is 4.20. The van der Waals surface area contributed by atoms with Gasteiger partial charge in [0.15, 0.2) is 0 Å². The van der Waals surface area contributed by atoms with Gasteiger partial charge >= 0.3 is 11.9 Å². The summed E-state index contributed by atoms with van der Waals surface area (Å²) in [7, 11) is 2.60. The summed E-state index contributed by atoms with van der Waals surface area (Å²) in [5, 5.41) is 5.85. The van der Waals surface area contributed by atoms with Crippen LogP contribution >= 0.6 is 0 Å². The minimum Gasteiger partial charge on any atom is -0.468 e. The molecular formula is C25H32N2O5. The maximum Gasteiger partial charge on any atom is 0.322 e. The van der Waals surface area contributed by atoms with Crippen molar-refractivity contribution in [3.63, 3.8) is 0 Å². The van der Waals surface area contributed by atoms with Crippen molar-refractivity contribution in [2.75, 3.05) is 20.8 Å². The Bertz CT molecular complexity index is 881. The first kappa shape index (κ1) is 25.1. The average Bonchev–Trinajstić information content (AvgIpc) is 2.82. The van der Waals surface area contributed by atoms with Gasteiger partial charge < -0.3 is 14.8 Å². The first-order chi connectivity index (χ1) is 15.3. The van der Waals surface area contributed by atoms with Gasteiger partial charge in [-0.25, -0.2) is 0 Å². The fourth-order valence-corrected chi connectivity index (χ4v) is 3.38. The molecule has 0 aliphatic carbocycles. The van der Waals surface area contributed by atoms with Gasteiger partial charge in [0.2, 0.25) is 0 Å². The molecule has 32 heavy (non-hydrogen) atoms. The van der Waals surface area contributed by atoms with Gasteiger partial charge in [-0.1, -0.05) is 56.3 Å². The van der Waals surface area contributed by atoms with Gasteiger partial charge in [0, 0.05) is 12.1 Å². The first-order valence-electron chi connectivity index (χ1n) is 10.7. The molecule has 0 spiro atoms. The van der Waals surface area contributed by atoms with Crippen LogP contribution in [-0.2, 0) is 19.1 Å². The first-order valence-corrected chi connectivity index (χ1v) is 10.7. The van der Waals surface area contributed by atoms with Crippen LogP contribution in [0.25, 0.3) is 11.1 Å². The highest BCUT2D eigenvalue weighted by Crippen LogP contribution is 2.19. The van der Waals surface area contributed by atoms with Crippen LogP contribution in [0.5, 0.6) is 0 Å². The van der Waals surface area contributed by atoms with Crippen molar-refractivity contribution < 1.29 is 23.9 Å². The SMILES string of the molecule is COC(=O)C(CCNC(=O)c1ccc(-c2ccccc2)cc1)N[C@@H](CC(C)C)C(=O)OC. The van der Waals surface area contributed by atoms with E-state index in [4.69, 9.17) is 9.47 Å². The molecule has 2 atom stereocenters. The number of ether oxygens (including phenoxy) is 2. The summed E-state index contributed by atoms with van der Waals surface area (Å²) in [6.07, 6.45) is 0.784. The van der Waals surface area contributed by atoms with Crippen molar-refractivity contribution in [2.45, 2.75) is 38.8 Å². The van der Waals surface area contributed by atoms with Gasteiger partial charge in [-0.2, -0.15) is 0 Å². The number of carbonyl (C=O) groups is 3. The third kappa shape index (κ3) is 7.50. The Hall–Kier alpha value is -3.19. The van der Waals surface area contributed by atoms with Gasteiger partial charge in [-0.15, -0.1) is 0 Å². The van der Waals surface area contributed by atoms with Crippen molar-refractivity contribution >= 4 is 17.8 Å². The number of hydrogen-bond donors (Lipinski definition) is 2. The molecule has 0 saturated carbocycles. The lowest BCUT2D eigenvalue weighted by Crippen LogP contribution is -2.49. The fraction of sp³-hybridized carbons (Fsp3) is 0.400. The second kappa shape index (κ2) is 12.6. The van der Waals surface area contributed by atoms with E-state index < -0.39 is 24.0 Å². The van der Waals surface area contributed by atoms with Crippen molar-refractivity contribution in [3.05, 3.63) is 60.2 Å². The smallest absolute Gasteiger partial charge is 0.322 e. The molecule has 2 rings (SSSR count). The van der Waals surface area contributed by atoms with Crippen LogP contribution in [0, 0.1) is 5.92 Å². The monoisotopic (exact) mass is 440 g/mol. The van der Waals surface area contributed by atoms with E-state index in [0.717, 1.165) is 11.1 Å². The summed E-state index contributed by atoms with van der Waals surface area (Å²) in [5.74, 6) is -0.942. The molecule has 172 valence electrons. The van der Waals surface area contributed by atoms with E-state index in [-0.39, 0.29) is 24.8 Å². The zero-order chi connectivity index (χ0) is 23.5. The largest absolute Gasteiger partial charge is 0.468 e. The predicted molar refractivity (Wildman–Crippen MR) is 123 cm³/mol. The highest BCUT2D eigenvalue weighted by Gasteiger charge is 2.28. The minimum absolute atomic E-state index is 0.225. The molecule has 2 aromatic carbocycles. The molecule has 0 heterocycles. The van der Waals surface area contributed by atoms with Crippen molar-refractivity contribution in [1.82, 2.24) is 10.6 Å². The van der Waals surface area contributed by atoms with Crippen LogP contribution in [-0.4, -0.2) is 50.7 Å². The number of methoxy groups -OCH3 is 2. The molecule has 0 radical (unpaired) electrons.